The van der Waals surface area contributed by atoms with Crippen LogP contribution >= 0.6 is 34.7 Å². The molecule has 6 nitrogen and oxygen atoms in total. The number of halogens is 3. The lowest BCUT2D eigenvalue weighted by Gasteiger charge is -2.11. The van der Waals surface area contributed by atoms with Gasteiger partial charge in [-0.05, 0) is 30.3 Å². The van der Waals surface area contributed by atoms with Crippen molar-refractivity contribution in [2.24, 2.45) is 0 Å². The fourth-order valence-corrected chi connectivity index (χ4v) is 4.23. The van der Waals surface area contributed by atoms with Crippen LogP contribution in [0.25, 0.3) is 0 Å². The van der Waals surface area contributed by atoms with Crippen molar-refractivity contribution in [3.8, 4) is 5.75 Å². The number of benzene rings is 2. The Morgan fingerprint density at radius 2 is 2.03 bits per heavy atom. The Morgan fingerprint density at radius 1 is 1.23 bits per heavy atom. The van der Waals surface area contributed by atoms with E-state index in [2.05, 4.69) is 15.0 Å². The molecule has 0 aliphatic carbocycles. The highest BCUT2D eigenvalue weighted by Gasteiger charge is 2.16. The van der Waals surface area contributed by atoms with Gasteiger partial charge in [0.05, 0.1) is 21.8 Å². The molecule has 0 saturated carbocycles. The van der Waals surface area contributed by atoms with Gasteiger partial charge in [-0.15, -0.1) is 23.1 Å². The van der Waals surface area contributed by atoms with Crippen molar-refractivity contribution in [1.29, 1.82) is 0 Å². The summed E-state index contributed by atoms with van der Waals surface area (Å²) in [6, 6.07) is 10.7. The van der Waals surface area contributed by atoms with Crippen LogP contribution in [0.15, 0.2) is 58.3 Å². The summed E-state index contributed by atoms with van der Waals surface area (Å²) in [5, 5.41) is 4.30. The molecule has 0 fully saturated rings. The van der Waals surface area contributed by atoms with Gasteiger partial charge in [-0.1, -0.05) is 23.7 Å². The number of alkyl halides is 2. The summed E-state index contributed by atoms with van der Waals surface area (Å²) in [5.74, 6) is -0.872. The summed E-state index contributed by atoms with van der Waals surface area (Å²) in [4.78, 5) is 29.5. The number of rotatable bonds is 9. The van der Waals surface area contributed by atoms with Crippen LogP contribution < -0.4 is 10.1 Å². The first kappa shape index (κ1) is 23.0. The van der Waals surface area contributed by atoms with Crippen molar-refractivity contribution in [1.82, 2.24) is 4.98 Å². The molecule has 0 saturated heterocycles. The number of carbonyl (C=O) groups is 2. The minimum Gasteiger partial charge on any atom is -0.452 e. The standard InChI is InChI=1S/C20H15ClF2N2O4S2/c21-15-7-12(5-6-16(15)29-20(22)23)25-18(26)8-28-19(27)14-3-1-2-4-17(14)31-10-13-9-30-11-24-13/h1-7,9,11,20H,8,10H2,(H,25,26). The van der Waals surface area contributed by atoms with Gasteiger partial charge in [-0.3, -0.25) is 4.79 Å². The summed E-state index contributed by atoms with van der Waals surface area (Å²) in [7, 11) is 0. The van der Waals surface area contributed by atoms with Gasteiger partial charge in [0.15, 0.2) is 6.61 Å². The molecule has 1 N–H and O–H groups in total. The number of aromatic nitrogens is 1. The second-order valence-electron chi connectivity index (χ2n) is 5.91. The number of thiazole rings is 1. The average Bonchev–Trinajstić information content (AvgIpc) is 3.26. The molecule has 3 aromatic rings. The molecule has 0 spiro atoms. The molecule has 31 heavy (non-hydrogen) atoms. The first-order valence-corrected chi connectivity index (χ1v) is 11.0. The van der Waals surface area contributed by atoms with E-state index >= 15 is 0 Å². The van der Waals surface area contributed by atoms with Crippen molar-refractivity contribution in [2.45, 2.75) is 17.3 Å². The molecule has 1 amide bonds. The molecule has 11 heteroatoms. The molecule has 0 radical (unpaired) electrons. The molecule has 162 valence electrons. The molecular formula is C20H15ClF2N2O4S2. The highest BCUT2D eigenvalue weighted by atomic mass is 35.5. The first-order chi connectivity index (χ1) is 14.9. The lowest BCUT2D eigenvalue weighted by Crippen LogP contribution is -2.21. The van der Waals surface area contributed by atoms with E-state index in [0.717, 1.165) is 5.69 Å². The predicted molar refractivity (Wildman–Crippen MR) is 115 cm³/mol. The number of amides is 1. The van der Waals surface area contributed by atoms with Gasteiger partial charge in [0.1, 0.15) is 5.75 Å². The number of thioether (sulfide) groups is 1. The summed E-state index contributed by atoms with van der Waals surface area (Å²) < 4.78 is 33.9. The quantitative estimate of drug-likeness (QED) is 0.320. The third-order valence-electron chi connectivity index (χ3n) is 3.73. The van der Waals surface area contributed by atoms with Gasteiger partial charge in [0.2, 0.25) is 0 Å². The van der Waals surface area contributed by atoms with Crippen molar-refractivity contribution in [3.63, 3.8) is 0 Å². The number of esters is 1. The average molecular weight is 485 g/mol. The zero-order chi connectivity index (χ0) is 22.2. The first-order valence-electron chi connectivity index (χ1n) is 8.72. The third-order valence-corrected chi connectivity index (χ3v) is 5.77. The van der Waals surface area contributed by atoms with E-state index in [1.165, 1.54) is 41.3 Å². The molecular weight excluding hydrogens is 470 g/mol. The molecule has 2 aromatic carbocycles. The molecule has 3 rings (SSSR count). The molecule has 1 heterocycles. The van der Waals surface area contributed by atoms with Crippen LogP contribution in [0.5, 0.6) is 5.75 Å². The van der Waals surface area contributed by atoms with Gasteiger partial charge in [-0.2, -0.15) is 8.78 Å². The number of nitrogens with zero attached hydrogens (tertiary/aromatic N) is 1. The van der Waals surface area contributed by atoms with Gasteiger partial charge in [-0.25, -0.2) is 9.78 Å². The number of nitrogens with one attached hydrogen (secondary N) is 1. The number of hydrogen-bond acceptors (Lipinski definition) is 7. The van der Waals surface area contributed by atoms with E-state index in [-0.39, 0.29) is 16.5 Å². The number of carbonyl (C=O) groups excluding carboxylic acids is 2. The fourth-order valence-electron chi connectivity index (χ4n) is 2.40. The zero-order valence-corrected chi connectivity index (χ0v) is 18.1. The Hall–Kier alpha value is -2.69. The Bertz CT molecular complexity index is 1050. The number of ether oxygens (including phenoxy) is 2. The van der Waals surface area contributed by atoms with Crippen LogP contribution in [-0.4, -0.2) is 30.1 Å². The molecule has 0 unspecified atom stereocenters. The molecule has 0 aliphatic rings. The zero-order valence-electron chi connectivity index (χ0n) is 15.7. The Morgan fingerprint density at radius 3 is 2.74 bits per heavy atom. The van der Waals surface area contributed by atoms with Gasteiger partial charge < -0.3 is 14.8 Å². The maximum absolute atomic E-state index is 12.4. The minimum absolute atomic E-state index is 0.0961. The van der Waals surface area contributed by atoms with Crippen LogP contribution in [-0.2, 0) is 15.3 Å². The van der Waals surface area contributed by atoms with Crippen molar-refractivity contribution < 1.29 is 27.8 Å². The SMILES string of the molecule is O=C(COC(=O)c1ccccc1SCc1cscn1)Nc1ccc(OC(F)F)c(Cl)c1. The molecule has 0 bridgehead atoms. The van der Waals surface area contributed by atoms with Gasteiger partial charge in [0, 0.05) is 21.7 Å². The lowest BCUT2D eigenvalue weighted by molar-refractivity contribution is -0.119. The van der Waals surface area contributed by atoms with Crippen molar-refractivity contribution >= 4 is 52.3 Å². The van der Waals surface area contributed by atoms with E-state index in [1.54, 1.807) is 29.8 Å². The van der Waals surface area contributed by atoms with Crippen LogP contribution in [0.4, 0.5) is 14.5 Å². The van der Waals surface area contributed by atoms with E-state index in [4.69, 9.17) is 16.3 Å². The summed E-state index contributed by atoms with van der Waals surface area (Å²) in [5.41, 5.74) is 3.22. The van der Waals surface area contributed by atoms with Crippen molar-refractivity contribution in [3.05, 3.63) is 69.6 Å². The smallest absolute Gasteiger partial charge is 0.387 e. The Balaban J connectivity index is 1.55. The lowest BCUT2D eigenvalue weighted by atomic mass is 10.2. The number of hydrogen-bond donors (Lipinski definition) is 1. The molecule has 0 aliphatic heterocycles. The molecule has 1 aromatic heterocycles. The second kappa shape index (κ2) is 11.1. The van der Waals surface area contributed by atoms with Crippen LogP contribution in [0.2, 0.25) is 5.02 Å². The highest BCUT2D eigenvalue weighted by molar-refractivity contribution is 7.98. The van der Waals surface area contributed by atoms with Gasteiger partial charge >= 0.3 is 12.6 Å². The van der Waals surface area contributed by atoms with Crippen molar-refractivity contribution in [2.75, 3.05) is 11.9 Å². The van der Waals surface area contributed by atoms with E-state index in [1.807, 2.05) is 5.38 Å². The molecule has 0 atom stereocenters. The fraction of sp³-hybridized carbons (Fsp3) is 0.150. The summed E-state index contributed by atoms with van der Waals surface area (Å²) in [6.07, 6.45) is 0. The Kier molecular flexibility index (Phi) is 8.21. The van der Waals surface area contributed by atoms with Crippen LogP contribution in [0.3, 0.4) is 0 Å². The van der Waals surface area contributed by atoms with Crippen LogP contribution in [0.1, 0.15) is 16.1 Å². The largest absolute Gasteiger partial charge is 0.452 e. The van der Waals surface area contributed by atoms with E-state index < -0.39 is 25.1 Å². The minimum atomic E-state index is -3.01. The van der Waals surface area contributed by atoms with E-state index in [0.29, 0.717) is 16.2 Å². The normalized spacial score (nSPS) is 10.7. The maximum Gasteiger partial charge on any atom is 0.387 e. The third kappa shape index (κ3) is 6.91. The summed E-state index contributed by atoms with van der Waals surface area (Å²) in [6.45, 7) is -3.54. The second-order valence-corrected chi connectivity index (χ2v) is 8.06. The maximum atomic E-state index is 12.4. The Labute approximate surface area is 189 Å². The topological polar surface area (TPSA) is 77.5 Å². The van der Waals surface area contributed by atoms with Gasteiger partial charge in [0.25, 0.3) is 5.91 Å². The van der Waals surface area contributed by atoms with Crippen LogP contribution in [0, 0.1) is 0 Å². The summed E-state index contributed by atoms with van der Waals surface area (Å²) >= 11 is 8.78. The highest BCUT2D eigenvalue weighted by Crippen LogP contribution is 2.29. The van der Waals surface area contributed by atoms with E-state index in [9.17, 15) is 18.4 Å². The predicted octanol–water partition coefficient (Wildman–Crippen LogP) is 5.49. The monoisotopic (exact) mass is 484 g/mol. The number of anilines is 1.